The molecule has 0 radical (unpaired) electrons. The van der Waals surface area contributed by atoms with E-state index in [0.717, 1.165) is 48.9 Å². The fraction of sp³-hybridized carbons (Fsp3) is 0.522. The molecule has 0 bridgehead atoms. The molecule has 2 aliphatic rings. The van der Waals surface area contributed by atoms with Crippen molar-refractivity contribution in [2.75, 3.05) is 39.0 Å². The number of hydrogen-bond donors (Lipinski definition) is 6. The van der Waals surface area contributed by atoms with Crippen LogP contribution in [-0.4, -0.2) is 68.9 Å². The van der Waals surface area contributed by atoms with Gasteiger partial charge in [0.1, 0.15) is 6.17 Å². The predicted octanol–water partition coefficient (Wildman–Crippen LogP) is 1.53. The number of urea groups is 1. The Morgan fingerprint density at radius 1 is 1.10 bits per heavy atom. The Morgan fingerprint density at radius 3 is 2.61 bits per heavy atom. The van der Waals surface area contributed by atoms with E-state index < -0.39 is 0 Å². The van der Waals surface area contributed by atoms with Gasteiger partial charge in [0.25, 0.3) is 0 Å². The lowest BCUT2D eigenvalue weighted by Crippen LogP contribution is -2.76. The normalized spacial score (nSPS) is 26.1. The van der Waals surface area contributed by atoms with Crippen molar-refractivity contribution in [1.29, 1.82) is 0 Å². The molecule has 2 heterocycles. The van der Waals surface area contributed by atoms with Gasteiger partial charge < -0.3 is 16.0 Å². The number of rotatable bonds is 6. The van der Waals surface area contributed by atoms with Crippen LogP contribution in [0.15, 0.2) is 42.5 Å². The summed E-state index contributed by atoms with van der Waals surface area (Å²) in [6, 6.07) is 14.2. The SMILES string of the molecule is CC1CC(NCCC2NCCN2)[N+](C)(C)C(NC(=O)Nc2ccc3ccccc3c2)N1. The van der Waals surface area contributed by atoms with Gasteiger partial charge in [-0.25, -0.2) is 10.1 Å². The molecule has 2 aliphatic heterocycles. The van der Waals surface area contributed by atoms with Crippen LogP contribution in [0.3, 0.4) is 0 Å². The molecule has 0 saturated carbocycles. The Kier molecular flexibility index (Phi) is 6.74. The number of fused-ring (bicyclic) bond motifs is 1. The van der Waals surface area contributed by atoms with Crippen molar-refractivity contribution in [1.82, 2.24) is 26.6 Å². The molecule has 3 unspecified atom stereocenters. The van der Waals surface area contributed by atoms with Crippen molar-refractivity contribution in [3.05, 3.63) is 42.5 Å². The van der Waals surface area contributed by atoms with Crippen molar-refractivity contribution in [3.63, 3.8) is 0 Å². The highest BCUT2D eigenvalue weighted by Gasteiger charge is 2.43. The summed E-state index contributed by atoms with van der Waals surface area (Å²) < 4.78 is 0.626. The molecule has 8 nitrogen and oxygen atoms in total. The summed E-state index contributed by atoms with van der Waals surface area (Å²) in [7, 11) is 4.31. The zero-order valence-electron chi connectivity index (χ0n) is 18.7. The molecule has 6 N–H and O–H groups in total. The van der Waals surface area contributed by atoms with Crippen molar-refractivity contribution >= 4 is 22.5 Å². The van der Waals surface area contributed by atoms with E-state index in [-0.39, 0.29) is 18.5 Å². The predicted molar refractivity (Wildman–Crippen MR) is 125 cm³/mol. The number of anilines is 1. The average molecular weight is 427 g/mol. The van der Waals surface area contributed by atoms with E-state index in [9.17, 15) is 4.79 Å². The lowest BCUT2D eigenvalue weighted by molar-refractivity contribution is -0.952. The van der Waals surface area contributed by atoms with E-state index in [1.165, 1.54) is 0 Å². The molecule has 0 spiro atoms. The Bertz CT molecular complexity index is 896. The van der Waals surface area contributed by atoms with Crippen LogP contribution >= 0.6 is 0 Å². The first-order chi connectivity index (χ1) is 14.9. The molecule has 2 amide bonds. The van der Waals surface area contributed by atoms with E-state index in [4.69, 9.17) is 0 Å². The number of quaternary nitrogens is 1. The second-order valence-corrected chi connectivity index (χ2v) is 9.21. The first-order valence-electron chi connectivity index (χ1n) is 11.3. The number of carbonyl (C=O) groups excluding carboxylic acids is 1. The maximum absolute atomic E-state index is 12.8. The summed E-state index contributed by atoms with van der Waals surface area (Å²) >= 11 is 0. The van der Waals surface area contributed by atoms with Gasteiger partial charge in [0.05, 0.1) is 20.3 Å². The van der Waals surface area contributed by atoms with E-state index in [1.54, 1.807) is 0 Å². The fourth-order valence-corrected chi connectivity index (χ4v) is 4.56. The van der Waals surface area contributed by atoms with Crippen molar-refractivity contribution in [3.8, 4) is 0 Å². The molecule has 2 saturated heterocycles. The smallest absolute Gasteiger partial charge is 0.308 e. The van der Waals surface area contributed by atoms with Gasteiger partial charge in [-0.15, -0.1) is 0 Å². The molecule has 0 aliphatic carbocycles. The lowest BCUT2D eigenvalue weighted by Gasteiger charge is -2.49. The highest BCUT2D eigenvalue weighted by molar-refractivity contribution is 5.93. The summed E-state index contributed by atoms with van der Waals surface area (Å²) in [6.45, 7) is 5.17. The molecular formula is C23H36N7O+. The topological polar surface area (TPSA) is 89.2 Å². The molecule has 4 rings (SSSR count). The number of carbonyl (C=O) groups is 1. The number of benzene rings is 2. The molecule has 31 heavy (non-hydrogen) atoms. The number of amides is 2. The summed E-state index contributed by atoms with van der Waals surface area (Å²) in [6.07, 6.45) is 2.50. The molecule has 2 aromatic carbocycles. The number of nitrogens with zero attached hydrogens (tertiary/aromatic N) is 1. The van der Waals surface area contributed by atoms with Crippen LogP contribution < -0.4 is 31.9 Å². The third kappa shape index (κ3) is 5.34. The quantitative estimate of drug-likeness (QED) is 0.395. The molecule has 2 fully saturated rings. The maximum Gasteiger partial charge on any atom is 0.324 e. The minimum absolute atomic E-state index is 0.190. The van der Waals surface area contributed by atoms with Crippen LogP contribution in [0.5, 0.6) is 0 Å². The van der Waals surface area contributed by atoms with E-state index >= 15 is 0 Å². The Labute approximate surface area is 184 Å². The van der Waals surface area contributed by atoms with E-state index in [0.29, 0.717) is 16.7 Å². The molecule has 3 atom stereocenters. The van der Waals surface area contributed by atoms with E-state index in [1.807, 2.05) is 30.3 Å². The minimum atomic E-state index is -0.203. The lowest BCUT2D eigenvalue weighted by atomic mass is 10.1. The van der Waals surface area contributed by atoms with Crippen LogP contribution in [0.2, 0.25) is 0 Å². The highest BCUT2D eigenvalue weighted by atomic mass is 16.2. The van der Waals surface area contributed by atoms with Gasteiger partial charge in [-0.3, -0.25) is 15.1 Å². The van der Waals surface area contributed by atoms with E-state index in [2.05, 4.69) is 65.1 Å². The summed E-state index contributed by atoms with van der Waals surface area (Å²) in [5.41, 5.74) is 0.789. The van der Waals surface area contributed by atoms with Gasteiger partial charge >= 0.3 is 6.03 Å². The minimum Gasteiger partial charge on any atom is -0.308 e. The maximum atomic E-state index is 12.8. The van der Waals surface area contributed by atoms with Gasteiger partial charge in [0.15, 0.2) is 0 Å². The van der Waals surface area contributed by atoms with Crippen LogP contribution in [-0.2, 0) is 0 Å². The van der Waals surface area contributed by atoms with Gasteiger partial charge in [-0.05, 0) is 36.2 Å². The van der Waals surface area contributed by atoms with Gasteiger partial charge in [0.2, 0.25) is 6.29 Å². The van der Waals surface area contributed by atoms with Crippen LogP contribution in [0, 0.1) is 0 Å². The zero-order valence-corrected chi connectivity index (χ0v) is 18.7. The highest BCUT2D eigenvalue weighted by Crippen LogP contribution is 2.21. The third-order valence-electron chi connectivity index (χ3n) is 6.48. The number of nitrogens with one attached hydrogen (secondary N) is 6. The van der Waals surface area contributed by atoms with Gasteiger partial charge in [-0.2, -0.15) is 0 Å². The van der Waals surface area contributed by atoms with Crippen molar-refractivity contribution in [2.45, 2.75) is 44.4 Å². The van der Waals surface area contributed by atoms with Crippen LogP contribution in [0.4, 0.5) is 10.5 Å². The standard InChI is InChI=1S/C23H35N7O/c1-16-14-21(26-11-10-20-24-12-13-25-20)30(2,3)22(27-16)29-23(31)28-19-9-8-17-6-4-5-7-18(17)15-19/h4-9,15-16,20-22,24-27H,10-14H2,1-3H3,(H-,28,29,31)/p+1. The van der Waals surface area contributed by atoms with Crippen LogP contribution in [0.25, 0.3) is 10.8 Å². The van der Waals surface area contributed by atoms with Crippen LogP contribution in [0.1, 0.15) is 19.8 Å². The largest absolute Gasteiger partial charge is 0.324 e. The summed E-state index contributed by atoms with van der Waals surface area (Å²) in [5, 5.41) is 22.6. The third-order valence-corrected chi connectivity index (χ3v) is 6.48. The second kappa shape index (κ2) is 9.50. The molecule has 8 heteroatoms. The number of hydrogen-bond acceptors (Lipinski definition) is 5. The zero-order chi connectivity index (χ0) is 21.8. The first-order valence-corrected chi connectivity index (χ1v) is 11.3. The molecule has 0 aromatic heterocycles. The van der Waals surface area contributed by atoms with Crippen molar-refractivity contribution < 1.29 is 9.28 Å². The van der Waals surface area contributed by atoms with Crippen molar-refractivity contribution in [2.24, 2.45) is 0 Å². The fourth-order valence-electron chi connectivity index (χ4n) is 4.56. The Morgan fingerprint density at radius 2 is 1.84 bits per heavy atom. The molecule has 2 aromatic rings. The molecular weight excluding hydrogens is 390 g/mol. The Hall–Kier alpha value is -2.23. The summed E-state index contributed by atoms with van der Waals surface area (Å²) in [5.74, 6) is 0. The van der Waals surface area contributed by atoms with Gasteiger partial charge in [0, 0.05) is 37.8 Å². The van der Waals surface area contributed by atoms with Gasteiger partial charge in [-0.1, -0.05) is 30.3 Å². The second-order valence-electron chi connectivity index (χ2n) is 9.21. The first kappa shape index (κ1) is 22.0. The average Bonchev–Trinajstić information content (AvgIpc) is 3.25. The summed E-state index contributed by atoms with van der Waals surface area (Å²) in [4.78, 5) is 12.8. The molecule has 168 valence electrons. The Balaban J connectivity index is 1.35. The monoisotopic (exact) mass is 426 g/mol.